The molecule has 114 valence electrons. The molecule has 1 N–H and O–H groups in total. The Hall–Kier alpha value is -2.55. The van der Waals surface area contributed by atoms with Gasteiger partial charge in [-0.15, -0.1) is 0 Å². The third kappa shape index (κ3) is 5.09. The summed E-state index contributed by atoms with van der Waals surface area (Å²) in [7, 11) is 0. The van der Waals surface area contributed by atoms with Gasteiger partial charge < -0.3 is 10.1 Å². The molecule has 0 saturated carbocycles. The highest BCUT2D eigenvalue weighted by molar-refractivity contribution is 5.91. The van der Waals surface area contributed by atoms with Crippen LogP contribution in [-0.2, 0) is 11.3 Å². The standard InChI is InChI=1S/C19H21NO2/c1-3-22-18-11-8-17(9-12-18)14-20-19(21)13-10-16-6-4-15(2)5-7-16/h4-13H,3,14H2,1-2H3,(H,20,21)/b13-10+. The fourth-order valence-corrected chi connectivity index (χ4v) is 1.97. The Balaban J connectivity index is 1.83. The molecule has 0 aliphatic carbocycles. The number of rotatable bonds is 6. The van der Waals surface area contributed by atoms with E-state index in [0.717, 1.165) is 16.9 Å². The maximum absolute atomic E-state index is 11.8. The molecule has 0 unspecified atom stereocenters. The Morgan fingerprint density at radius 1 is 1.09 bits per heavy atom. The first-order chi connectivity index (χ1) is 10.7. The van der Waals surface area contributed by atoms with E-state index < -0.39 is 0 Å². The van der Waals surface area contributed by atoms with Gasteiger partial charge in [-0.2, -0.15) is 0 Å². The molecular formula is C19H21NO2. The molecule has 0 radical (unpaired) electrons. The van der Waals surface area contributed by atoms with E-state index in [1.54, 1.807) is 6.08 Å². The van der Waals surface area contributed by atoms with E-state index in [9.17, 15) is 4.79 Å². The number of nitrogens with one attached hydrogen (secondary N) is 1. The molecule has 0 fully saturated rings. The van der Waals surface area contributed by atoms with Crippen molar-refractivity contribution in [3.8, 4) is 5.75 Å². The number of benzene rings is 2. The second-order valence-corrected chi connectivity index (χ2v) is 5.04. The van der Waals surface area contributed by atoms with E-state index in [-0.39, 0.29) is 5.91 Å². The van der Waals surface area contributed by atoms with Crippen molar-refractivity contribution in [3.05, 3.63) is 71.3 Å². The number of ether oxygens (including phenoxy) is 1. The molecule has 2 aromatic rings. The summed E-state index contributed by atoms with van der Waals surface area (Å²) in [6.45, 7) is 5.15. The second kappa shape index (κ2) is 8.03. The number of hydrogen-bond donors (Lipinski definition) is 1. The van der Waals surface area contributed by atoms with Crippen LogP contribution in [0.4, 0.5) is 0 Å². The number of carbonyl (C=O) groups excluding carboxylic acids is 1. The summed E-state index contributed by atoms with van der Waals surface area (Å²) >= 11 is 0. The number of aryl methyl sites for hydroxylation is 1. The molecule has 1 amide bonds. The van der Waals surface area contributed by atoms with Gasteiger partial charge in [-0.25, -0.2) is 0 Å². The highest BCUT2D eigenvalue weighted by atomic mass is 16.5. The van der Waals surface area contributed by atoms with Gasteiger partial charge in [-0.05, 0) is 43.2 Å². The van der Waals surface area contributed by atoms with Gasteiger partial charge in [0.05, 0.1) is 6.61 Å². The monoisotopic (exact) mass is 295 g/mol. The Morgan fingerprint density at radius 2 is 1.77 bits per heavy atom. The zero-order chi connectivity index (χ0) is 15.8. The van der Waals surface area contributed by atoms with Crippen LogP contribution < -0.4 is 10.1 Å². The Kier molecular flexibility index (Phi) is 5.78. The molecule has 0 atom stereocenters. The summed E-state index contributed by atoms with van der Waals surface area (Å²) in [6, 6.07) is 15.8. The van der Waals surface area contributed by atoms with Gasteiger partial charge in [0.15, 0.2) is 0 Å². The molecule has 3 heteroatoms. The Morgan fingerprint density at radius 3 is 2.41 bits per heavy atom. The number of amides is 1. The molecule has 0 spiro atoms. The number of carbonyl (C=O) groups is 1. The lowest BCUT2D eigenvalue weighted by molar-refractivity contribution is -0.116. The summed E-state index contributed by atoms with van der Waals surface area (Å²) in [5.74, 6) is 0.742. The third-order valence-electron chi connectivity index (χ3n) is 3.21. The van der Waals surface area contributed by atoms with Gasteiger partial charge in [0.2, 0.25) is 5.91 Å². The lowest BCUT2D eigenvalue weighted by atomic mass is 10.1. The molecule has 0 saturated heterocycles. The van der Waals surface area contributed by atoms with Gasteiger partial charge in [0.25, 0.3) is 0 Å². The van der Waals surface area contributed by atoms with Gasteiger partial charge >= 0.3 is 0 Å². The molecule has 0 aromatic heterocycles. The zero-order valence-electron chi connectivity index (χ0n) is 13.0. The molecule has 0 aliphatic heterocycles. The SMILES string of the molecule is CCOc1ccc(CNC(=O)/C=C/c2ccc(C)cc2)cc1. The van der Waals surface area contributed by atoms with Crippen LogP contribution in [0.15, 0.2) is 54.6 Å². The van der Waals surface area contributed by atoms with Crippen molar-refractivity contribution in [2.24, 2.45) is 0 Å². The predicted molar refractivity (Wildman–Crippen MR) is 89.7 cm³/mol. The smallest absolute Gasteiger partial charge is 0.244 e. The fraction of sp³-hybridized carbons (Fsp3) is 0.211. The molecular weight excluding hydrogens is 274 g/mol. The molecule has 0 heterocycles. The van der Waals surface area contributed by atoms with E-state index in [1.807, 2.05) is 68.5 Å². The van der Waals surface area contributed by atoms with Crippen LogP contribution in [-0.4, -0.2) is 12.5 Å². The van der Waals surface area contributed by atoms with Crippen LogP contribution >= 0.6 is 0 Å². The lowest BCUT2D eigenvalue weighted by Crippen LogP contribution is -2.20. The Labute approximate surface area is 131 Å². The molecule has 2 rings (SSSR count). The number of hydrogen-bond acceptors (Lipinski definition) is 2. The minimum absolute atomic E-state index is 0.102. The van der Waals surface area contributed by atoms with Crippen molar-refractivity contribution in [3.63, 3.8) is 0 Å². The van der Waals surface area contributed by atoms with E-state index in [1.165, 1.54) is 5.56 Å². The van der Waals surface area contributed by atoms with Crippen LogP contribution in [0.1, 0.15) is 23.6 Å². The summed E-state index contributed by atoms with van der Waals surface area (Å²) in [5.41, 5.74) is 3.26. The van der Waals surface area contributed by atoms with Crippen molar-refractivity contribution < 1.29 is 9.53 Å². The largest absolute Gasteiger partial charge is 0.494 e. The first-order valence-electron chi connectivity index (χ1n) is 7.41. The highest BCUT2D eigenvalue weighted by Gasteiger charge is 1.98. The fourth-order valence-electron chi connectivity index (χ4n) is 1.97. The molecule has 22 heavy (non-hydrogen) atoms. The molecule has 2 aromatic carbocycles. The maximum Gasteiger partial charge on any atom is 0.244 e. The van der Waals surface area contributed by atoms with Crippen molar-refractivity contribution in [1.82, 2.24) is 5.32 Å². The zero-order valence-corrected chi connectivity index (χ0v) is 13.0. The topological polar surface area (TPSA) is 38.3 Å². The van der Waals surface area contributed by atoms with E-state index in [0.29, 0.717) is 13.2 Å². The lowest BCUT2D eigenvalue weighted by Gasteiger charge is -2.05. The highest BCUT2D eigenvalue weighted by Crippen LogP contribution is 2.11. The van der Waals surface area contributed by atoms with Gasteiger partial charge in [-0.3, -0.25) is 4.79 Å². The molecule has 3 nitrogen and oxygen atoms in total. The minimum Gasteiger partial charge on any atom is -0.494 e. The van der Waals surface area contributed by atoms with Crippen LogP contribution in [0.5, 0.6) is 5.75 Å². The maximum atomic E-state index is 11.8. The van der Waals surface area contributed by atoms with Crippen LogP contribution in [0.2, 0.25) is 0 Å². The first kappa shape index (κ1) is 15.8. The van der Waals surface area contributed by atoms with Crippen LogP contribution in [0.25, 0.3) is 6.08 Å². The van der Waals surface area contributed by atoms with Crippen LogP contribution in [0.3, 0.4) is 0 Å². The van der Waals surface area contributed by atoms with Gasteiger partial charge in [0, 0.05) is 12.6 Å². The molecule has 0 bridgehead atoms. The van der Waals surface area contributed by atoms with Crippen molar-refractivity contribution in [1.29, 1.82) is 0 Å². The summed E-state index contributed by atoms with van der Waals surface area (Å²) in [6.07, 6.45) is 3.37. The third-order valence-corrected chi connectivity index (χ3v) is 3.21. The first-order valence-corrected chi connectivity index (χ1v) is 7.41. The predicted octanol–water partition coefficient (Wildman–Crippen LogP) is 3.72. The van der Waals surface area contributed by atoms with Gasteiger partial charge in [0.1, 0.15) is 5.75 Å². The van der Waals surface area contributed by atoms with Crippen molar-refractivity contribution in [2.75, 3.05) is 6.61 Å². The van der Waals surface area contributed by atoms with Crippen molar-refractivity contribution in [2.45, 2.75) is 20.4 Å². The summed E-state index contributed by atoms with van der Waals surface area (Å²) < 4.78 is 5.38. The molecule has 0 aliphatic rings. The van der Waals surface area contributed by atoms with E-state index in [4.69, 9.17) is 4.74 Å². The van der Waals surface area contributed by atoms with Crippen molar-refractivity contribution >= 4 is 12.0 Å². The minimum atomic E-state index is -0.102. The quantitative estimate of drug-likeness (QED) is 0.825. The average molecular weight is 295 g/mol. The van der Waals surface area contributed by atoms with Crippen LogP contribution in [0, 0.1) is 6.92 Å². The van der Waals surface area contributed by atoms with Gasteiger partial charge in [-0.1, -0.05) is 42.0 Å². The summed E-state index contributed by atoms with van der Waals surface area (Å²) in [4.78, 5) is 11.8. The normalized spacial score (nSPS) is 10.6. The average Bonchev–Trinajstić information content (AvgIpc) is 2.54. The van der Waals surface area contributed by atoms with E-state index >= 15 is 0 Å². The second-order valence-electron chi connectivity index (χ2n) is 5.04. The summed E-state index contributed by atoms with van der Waals surface area (Å²) in [5, 5.41) is 2.87. The van der Waals surface area contributed by atoms with E-state index in [2.05, 4.69) is 5.32 Å². The Bertz CT molecular complexity index is 627.